The van der Waals surface area contributed by atoms with Crippen molar-refractivity contribution in [2.45, 2.75) is 710 Å². The van der Waals surface area contributed by atoms with Gasteiger partial charge in [-0.3, -0.25) is 0 Å². The lowest BCUT2D eigenvalue weighted by Gasteiger charge is -2.54. The Bertz CT molecular complexity index is 3360. The molecule has 6 atom stereocenters. The highest BCUT2D eigenvalue weighted by atomic mass is 14.6. The molecule has 0 spiro atoms. The molecule has 147 heavy (non-hydrogen) atoms. The number of fused-ring (bicyclic) bond motifs is 11. The smallest absolute Gasteiger partial charge is 0.00464 e. The van der Waals surface area contributed by atoms with Crippen molar-refractivity contribution in [1.82, 2.24) is 0 Å². The number of benzene rings is 2. The Morgan fingerprint density at radius 3 is 0.741 bits per heavy atom. The zero-order chi connectivity index (χ0) is 106. The normalized spacial score (nSPS) is 33.5. The van der Waals surface area contributed by atoms with Crippen LogP contribution < -0.4 is 0 Å². The summed E-state index contributed by atoms with van der Waals surface area (Å²) < 4.78 is 0. The molecule has 0 heteroatoms. The first-order valence-electron chi connectivity index (χ1n) is 69.7. The van der Waals surface area contributed by atoms with Crippen molar-refractivity contribution in [2.24, 2.45) is 150 Å². The van der Waals surface area contributed by atoms with Crippen LogP contribution in [0.4, 0.5) is 0 Å². The summed E-state index contributed by atoms with van der Waals surface area (Å²) in [6.07, 6.45) is 124. The average molecular weight is 2030 g/mol. The van der Waals surface area contributed by atoms with Gasteiger partial charge < -0.3 is 0 Å². The summed E-state index contributed by atoms with van der Waals surface area (Å²) in [5.41, 5.74) is 12.0. The Hall–Kier alpha value is -1.56. The van der Waals surface area contributed by atoms with Crippen LogP contribution >= 0.6 is 0 Å². The summed E-state index contributed by atoms with van der Waals surface area (Å²) >= 11 is 0. The second-order valence-electron chi connectivity index (χ2n) is 56.6. The first kappa shape index (κ1) is 129. The molecular weight excluding hydrogens is 1770 g/mol. The zero-order valence-electron chi connectivity index (χ0n) is 105. The number of aryl methyl sites for hydroxylation is 2. The molecule has 20 rings (SSSR count). The second kappa shape index (κ2) is 67.7. The SMILES string of the molecule is CC.CC.CCC12CCC(CC)(CC1)CC2.CCC1CCC(C2CCC(CC)CC2)CC1.CCC1CCC(CC2CCC(CC)CC2)CC1.CCCC1(CCC)CCC(C2CCC(CC)CC2)CC1.CCCC1(CCC)CCC(C2CCC(CCC)(CCC)CC2)CC1.CCCC1(CCC)CCC(c2ccc(CC)cc2)CC1.CCCC1CC2C3CC(CCC)C(C3)C2C1.CCc1ccc(C23CCC(CC)(CC2)CC3)cc1. The molecule has 18 aliphatic rings. The van der Waals surface area contributed by atoms with E-state index in [0.29, 0.717) is 10.8 Å². The third-order valence-corrected chi connectivity index (χ3v) is 48.8. The molecule has 6 unspecified atom stereocenters. The van der Waals surface area contributed by atoms with E-state index in [-0.39, 0.29) is 0 Å². The van der Waals surface area contributed by atoms with Crippen molar-refractivity contribution in [1.29, 1.82) is 0 Å². The minimum absolute atomic E-state index is 0.545. The minimum Gasteiger partial charge on any atom is -0.0683 e. The summed E-state index contributed by atoms with van der Waals surface area (Å²) in [5.74, 6) is 21.9. The fraction of sp³-hybridized carbons (Fsp3) is 0.918. The Morgan fingerprint density at radius 2 is 0.469 bits per heavy atom. The van der Waals surface area contributed by atoms with E-state index in [1.165, 1.54) is 370 Å². The molecule has 0 radical (unpaired) electrons. The van der Waals surface area contributed by atoms with Crippen molar-refractivity contribution in [3.05, 3.63) is 70.8 Å². The standard InChI is InChI=1S/C24H46.C20H38.C20H32.C18H26.C17H32.C16H28.C16H30.C12H22.2C2H6/c1-5-13-23(14-6-2)17-9-21(10-18-23)22-11-19-24(15-7-3,16-8-4)20-12-22;2*1-4-13-20(14-5-2)15-11-19(12-16-20)18-9-7-17(6-3)8-10-18;1-3-15-5-7-16(8-6-15)18-12-9-17(4-2,10-13-18)11-14-18;1-3-14-5-9-16(10-6-14)13-17-11-7-15(4-2)8-12-17;1-3-5-11-7-14-13-9-12(6-4-2)15(10-13)16(14)8-11;1-3-13-5-9-15(10-6-13)16-11-7-14(4-2)8-12-16;1-3-11-5-8-12(4-2,9-6-11)10-7-11;2*1-2/h21-22H,5-20H2,1-4H3;17-19H,4-16H2,1-3H3;7-10,19H,4-6,11-16H2,1-3H3;5-8H,3-4,9-14H2,1-2H3;14-17H,3-13H2,1-2H3;11-16H,3-10H2,1-2H3;13-16H,3-12H2,1-2H3;3-10H2,1-2H3;2*1-2H3. The van der Waals surface area contributed by atoms with E-state index >= 15 is 0 Å². The molecule has 0 heterocycles. The highest BCUT2D eigenvalue weighted by molar-refractivity contribution is 5.32. The summed E-state index contributed by atoms with van der Waals surface area (Å²) in [7, 11) is 0. The third-order valence-electron chi connectivity index (χ3n) is 48.8. The van der Waals surface area contributed by atoms with Crippen molar-refractivity contribution in [3.8, 4) is 0 Å². The molecule has 0 amide bonds. The molecule has 18 fully saturated rings. The van der Waals surface area contributed by atoms with Gasteiger partial charge in [-0.05, 0) is 499 Å². The molecule has 6 bridgehead atoms. The van der Waals surface area contributed by atoms with Crippen LogP contribution in [0.3, 0.4) is 0 Å². The molecule has 0 aliphatic heterocycles. The van der Waals surface area contributed by atoms with Gasteiger partial charge in [0.05, 0.1) is 0 Å². The molecule has 0 N–H and O–H groups in total. The maximum atomic E-state index is 2.42. The zero-order valence-corrected chi connectivity index (χ0v) is 105. The Balaban J connectivity index is 0.000000187. The monoisotopic (exact) mass is 2030 g/mol. The van der Waals surface area contributed by atoms with Gasteiger partial charge >= 0.3 is 0 Å². The van der Waals surface area contributed by atoms with E-state index in [1.807, 2.05) is 27.7 Å². The van der Waals surface area contributed by atoms with E-state index in [9.17, 15) is 0 Å². The van der Waals surface area contributed by atoms with E-state index in [0.717, 1.165) is 152 Å². The molecule has 2 aromatic rings. The molecule has 0 nitrogen and oxygen atoms in total. The Kier molecular flexibility index (Phi) is 59.4. The van der Waals surface area contributed by atoms with Crippen LogP contribution in [0.1, 0.15) is 714 Å². The van der Waals surface area contributed by atoms with Gasteiger partial charge in [-0.15, -0.1) is 0 Å². The van der Waals surface area contributed by atoms with Crippen LogP contribution in [0.25, 0.3) is 0 Å². The summed E-state index contributed by atoms with van der Waals surface area (Å²) in [4.78, 5) is 0. The molecule has 18 aliphatic carbocycles. The quantitative estimate of drug-likeness (QED) is 0.0633. The lowest BCUT2D eigenvalue weighted by molar-refractivity contribution is -0.0134. The van der Waals surface area contributed by atoms with Crippen LogP contribution in [0.15, 0.2) is 48.5 Å². The minimum atomic E-state index is 0.545. The Morgan fingerprint density at radius 1 is 0.211 bits per heavy atom. The molecule has 0 aromatic heterocycles. The van der Waals surface area contributed by atoms with Gasteiger partial charge in [0.2, 0.25) is 0 Å². The van der Waals surface area contributed by atoms with Gasteiger partial charge in [0.25, 0.3) is 0 Å². The van der Waals surface area contributed by atoms with Crippen molar-refractivity contribution in [3.63, 3.8) is 0 Å². The summed E-state index contributed by atoms with van der Waals surface area (Å²) in [6, 6.07) is 19.0. The molecular formula is C147H266. The first-order chi connectivity index (χ1) is 71.5. The fourth-order valence-corrected chi connectivity index (χ4v) is 38.3. The Labute approximate surface area is 925 Å². The highest BCUT2D eigenvalue weighted by Gasteiger charge is 2.56. The molecule has 0 saturated heterocycles. The van der Waals surface area contributed by atoms with Crippen LogP contribution in [-0.2, 0) is 18.3 Å². The molecule has 2 aromatic carbocycles. The number of rotatable bonds is 37. The molecule has 854 valence electrons. The lowest BCUT2D eigenvalue weighted by Crippen LogP contribution is -2.43. The first-order valence-corrected chi connectivity index (χ1v) is 69.7. The maximum absolute atomic E-state index is 2.42. The van der Waals surface area contributed by atoms with E-state index < -0.39 is 0 Å². The predicted octanol–water partition coefficient (Wildman–Crippen LogP) is 49.6. The second-order valence-corrected chi connectivity index (χ2v) is 56.6. The van der Waals surface area contributed by atoms with Gasteiger partial charge in [0.15, 0.2) is 0 Å². The summed E-state index contributed by atoms with van der Waals surface area (Å²) in [5, 5.41) is 0. The van der Waals surface area contributed by atoms with Crippen LogP contribution in [0.5, 0.6) is 0 Å². The highest BCUT2D eigenvalue weighted by Crippen LogP contribution is 2.66. The molecule has 18 saturated carbocycles. The number of hydrogen-bond donors (Lipinski definition) is 0. The van der Waals surface area contributed by atoms with E-state index in [1.54, 1.807) is 184 Å². The maximum Gasteiger partial charge on any atom is -0.00464 e. The van der Waals surface area contributed by atoms with Gasteiger partial charge in [-0.25, -0.2) is 0 Å². The summed E-state index contributed by atoms with van der Waals surface area (Å²) in [6.45, 7) is 55.3. The lowest BCUT2D eigenvalue weighted by atomic mass is 9.51. The van der Waals surface area contributed by atoms with Crippen LogP contribution in [0, 0.1) is 150 Å². The average Bonchev–Trinajstić information content (AvgIpc) is 1.55. The largest absolute Gasteiger partial charge is 0.0683 e. The van der Waals surface area contributed by atoms with Gasteiger partial charge in [0, 0.05) is 0 Å². The van der Waals surface area contributed by atoms with Gasteiger partial charge in [-0.1, -0.05) is 433 Å². The van der Waals surface area contributed by atoms with Crippen molar-refractivity contribution >= 4 is 0 Å². The van der Waals surface area contributed by atoms with Gasteiger partial charge in [-0.2, -0.15) is 0 Å². The topological polar surface area (TPSA) is 0 Å². The van der Waals surface area contributed by atoms with E-state index in [4.69, 9.17) is 0 Å². The van der Waals surface area contributed by atoms with Crippen LogP contribution in [0.2, 0.25) is 0 Å². The van der Waals surface area contributed by atoms with Crippen LogP contribution in [-0.4, -0.2) is 0 Å². The van der Waals surface area contributed by atoms with Crippen molar-refractivity contribution < 1.29 is 0 Å². The van der Waals surface area contributed by atoms with E-state index in [2.05, 4.69) is 187 Å². The fourth-order valence-electron chi connectivity index (χ4n) is 38.3. The third kappa shape index (κ3) is 38.1. The van der Waals surface area contributed by atoms with Gasteiger partial charge in [0.1, 0.15) is 0 Å². The number of hydrogen-bond acceptors (Lipinski definition) is 0. The van der Waals surface area contributed by atoms with Crippen molar-refractivity contribution in [2.75, 3.05) is 0 Å². The predicted molar refractivity (Wildman–Crippen MR) is 658 cm³/mol.